The molecule has 0 saturated heterocycles. The third-order valence-corrected chi connectivity index (χ3v) is 1.46. The molecule has 0 fully saturated rings. The molecule has 2 nitrogen and oxygen atoms in total. The monoisotopic (exact) mass is 175 g/mol. The zero-order valence-corrected chi connectivity index (χ0v) is 9.14. The summed E-state index contributed by atoms with van der Waals surface area (Å²) in [5, 5.41) is 7.57. The summed E-state index contributed by atoms with van der Waals surface area (Å²) in [7, 11) is 4.26. The molecule has 0 atom stereocenters. The predicted molar refractivity (Wildman–Crippen MR) is 55.5 cm³/mol. The average Bonchev–Trinajstić information content (AvgIpc) is 1.99. The van der Waals surface area contributed by atoms with Crippen LogP contribution in [-0.4, -0.2) is 37.3 Å². The van der Waals surface area contributed by atoms with Crippen LogP contribution in [-0.2, 0) is 0 Å². The van der Waals surface area contributed by atoms with Gasteiger partial charge in [0.05, 0.1) is 0 Å². The van der Waals surface area contributed by atoms with Crippen LogP contribution >= 0.6 is 0 Å². The lowest BCUT2D eigenvalue weighted by Crippen LogP contribution is -2.12. The largest absolute Gasteiger partial charge is 0.397 e. The van der Waals surface area contributed by atoms with E-state index in [4.69, 9.17) is 5.11 Å². The molecule has 0 rings (SSSR count). The first-order valence-electron chi connectivity index (χ1n) is 4.94. The fraction of sp³-hybridized carbons (Fsp3) is 1.00. The highest BCUT2D eigenvalue weighted by molar-refractivity contribution is 4.44. The quantitative estimate of drug-likeness (QED) is 0.647. The van der Waals surface area contributed by atoms with Crippen molar-refractivity contribution >= 4 is 0 Å². The first-order valence-corrected chi connectivity index (χ1v) is 4.94. The molecule has 0 spiro atoms. The molecule has 0 bridgehead atoms. The zero-order valence-electron chi connectivity index (χ0n) is 9.14. The van der Waals surface area contributed by atoms with Gasteiger partial charge in [-0.15, -0.1) is 0 Å². The molecule has 0 unspecified atom stereocenters. The first-order chi connectivity index (χ1) is 5.68. The van der Waals surface area contributed by atoms with E-state index in [1.807, 2.05) is 0 Å². The minimum absolute atomic E-state index is 0.250. The van der Waals surface area contributed by atoms with E-state index in [1.165, 1.54) is 32.2 Å². The van der Waals surface area contributed by atoms with Gasteiger partial charge in [-0.3, -0.25) is 0 Å². The summed E-state index contributed by atoms with van der Waals surface area (Å²) in [6.45, 7) is 5.43. The van der Waals surface area contributed by atoms with Crippen molar-refractivity contribution in [3.8, 4) is 0 Å². The zero-order chi connectivity index (χ0) is 9.82. The van der Waals surface area contributed by atoms with Gasteiger partial charge in [0.1, 0.15) is 0 Å². The molecule has 12 heavy (non-hydrogen) atoms. The summed E-state index contributed by atoms with van der Waals surface area (Å²) in [6, 6.07) is 0. The van der Waals surface area contributed by atoms with E-state index >= 15 is 0 Å². The number of aliphatic hydroxyl groups is 1. The molecule has 0 saturated carbocycles. The summed E-state index contributed by atoms with van der Waals surface area (Å²) in [6.07, 6.45) is 5.50. The van der Waals surface area contributed by atoms with Crippen LogP contribution in [0.2, 0.25) is 0 Å². The van der Waals surface area contributed by atoms with Crippen LogP contribution in [0, 0.1) is 0 Å². The number of hydrogen-bond donors (Lipinski definition) is 1. The van der Waals surface area contributed by atoms with Crippen molar-refractivity contribution < 1.29 is 5.11 Å². The van der Waals surface area contributed by atoms with Crippen LogP contribution in [0.3, 0.4) is 0 Å². The fourth-order valence-electron chi connectivity index (χ4n) is 0.855. The Kier molecular flexibility index (Phi) is 16.3. The SMILES string of the molecule is CCCCCCN(C)C.CCO. The van der Waals surface area contributed by atoms with E-state index in [2.05, 4.69) is 25.9 Å². The normalized spacial score (nSPS) is 9.50. The van der Waals surface area contributed by atoms with Gasteiger partial charge in [0.25, 0.3) is 0 Å². The maximum Gasteiger partial charge on any atom is 0.0402 e. The van der Waals surface area contributed by atoms with Gasteiger partial charge in [-0.05, 0) is 34.0 Å². The number of unbranched alkanes of at least 4 members (excludes halogenated alkanes) is 3. The van der Waals surface area contributed by atoms with Gasteiger partial charge in [0, 0.05) is 6.61 Å². The van der Waals surface area contributed by atoms with Crippen molar-refractivity contribution in [3.05, 3.63) is 0 Å². The Morgan fingerprint density at radius 1 is 1.00 bits per heavy atom. The van der Waals surface area contributed by atoms with Crippen LogP contribution in [0.1, 0.15) is 39.5 Å². The maximum absolute atomic E-state index is 7.57. The van der Waals surface area contributed by atoms with Gasteiger partial charge < -0.3 is 10.0 Å². The molecule has 0 aliphatic carbocycles. The molecule has 0 aromatic heterocycles. The predicted octanol–water partition coefficient (Wildman–Crippen LogP) is 2.13. The van der Waals surface area contributed by atoms with E-state index in [9.17, 15) is 0 Å². The molecule has 0 aliphatic heterocycles. The Balaban J connectivity index is 0. The van der Waals surface area contributed by atoms with Crippen LogP contribution in [0.5, 0.6) is 0 Å². The molecule has 0 radical (unpaired) electrons. The second-order valence-corrected chi connectivity index (χ2v) is 3.18. The molecule has 1 N–H and O–H groups in total. The molecule has 0 heterocycles. The van der Waals surface area contributed by atoms with Crippen LogP contribution in [0.15, 0.2) is 0 Å². The number of hydrogen-bond acceptors (Lipinski definition) is 2. The molecule has 0 amide bonds. The number of nitrogens with zero attached hydrogens (tertiary/aromatic N) is 1. The summed E-state index contributed by atoms with van der Waals surface area (Å²) >= 11 is 0. The van der Waals surface area contributed by atoms with Crippen LogP contribution in [0.25, 0.3) is 0 Å². The van der Waals surface area contributed by atoms with E-state index < -0.39 is 0 Å². The van der Waals surface area contributed by atoms with E-state index in [0.29, 0.717) is 0 Å². The highest BCUT2D eigenvalue weighted by atomic mass is 16.2. The Bertz CT molecular complexity index is 64.9. The van der Waals surface area contributed by atoms with Crippen molar-refractivity contribution in [1.82, 2.24) is 4.90 Å². The average molecular weight is 175 g/mol. The molecular weight excluding hydrogens is 150 g/mol. The van der Waals surface area contributed by atoms with Gasteiger partial charge in [0.15, 0.2) is 0 Å². The fourth-order valence-corrected chi connectivity index (χ4v) is 0.855. The van der Waals surface area contributed by atoms with Crippen LogP contribution < -0.4 is 0 Å². The molecule has 0 aliphatic rings. The minimum atomic E-state index is 0.250. The molecule has 76 valence electrons. The van der Waals surface area contributed by atoms with Crippen LogP contribution in [0.4, 0.5) is 0 Å². The summed E-state index contributed by atoms with van der Waals surface area (Å²) in [5.41, 5.74) is 0. The van der Waals surface area contributed by atoms with Crippen molar-refractivity contribution in [2.24, 2.45) is 0 Å². The summed E-state index contributed by atoms with van der Waals surface area (Å²) in [5.74, 6) is 0. The standard InChI is InChI=1S/C8H19N.C2H6O/c1-4-5-6-7-8-9(2)3;1-2-3/h4-8H2,1-3H3;3H,2H2,1H3. The summed E-state index contributed by atoms with van der Waals surface area (Å²) < 4.78 is 0. The van der Waals surface area contributed by atoms with Gasteiger partial charge in [0.2, 0.25) is 0 Å². The van der Waals surface area contributed by atoms with E-state index in [-0.39, 0.29) is 6.61 Å². The third kappa shape index (κ3) is 22.5. The smallest absolute Gasteiger partial charge is 0.0402 e. The van der Waals surface area contributed by atoms with E-state index in [0.717, 1.165) is 0 Å². The third-order valence-electron chi connectivity index (χ3n) is 1.46. The Morgan fingerprint density at radius 3 is 1.83 bits per heavy atom. The topological polar surface area (TPSA) is 23.5 Å². The minimum Gasteiger partial charge on any atom is -0.397 e. The lowest BCUT2D eigenvalue weighted by Gasteiger charge is -2.07. The highest BCUT2D eigenvalue weighted by Gasteiger charge is 1.88. The second-order valence-electron chi connectivity index (χ2n) is 3.18. The van der Waals surface area contributed by atoms with Crippen molar-refractivity contribution in [1.29, 1.82) is 0 Å². The lowest BCUT2D eigenvalue weighted by atomic mass is 10.2. The van der Waals surface area contributed by atoms with Gasteiger partial charge in [-0.25, -0.2) is 0 Å². The number of rotatable bonds is 5. The Morgan fingerprint density at radius 2 is 1.50 bits per heavy atom. The Hall–Kier alpha value is -0.0800. The Labute approximate surface area is 77.6 Å². The molecule has 0 aromatic rings. The first kappa shape index (κ1) is 14.4. The van der Waals surface area contributed by atoms with Crippen molar-refractivity contribution in [3.63, 3.8) is 0 Å². The maximum atomic E-state index is 7.57. The highest BCUT2D eigenvalue weighted by Crippen LogP contribution is 1.98. The number of aliphatic hydroxyl groups excluding tert-OH is 1. The van der Waals surface area contributed by atoms with Gasteiger partial charge in [-0.1, -0.05) is 26.2 Å². The van der Waals surface area contributed by atoms with Gasteiger partial charge >= 0.3 is 0 Å². The van der Waals surface area contributed by atoms with Crippen molar-refractivity contribution in [2.75, 3.05) is 27.2 Å². The summed E-state index contributed by atoms with van der Waals surface area (Å²) in [4.78, 5) is 2.25. The van der Waals surface area contributed by atoms with Gasteiger partial charge in [-0.2, -0.15) is 0 Å². The molecule has 0 aromatic carbocycles. The molecule has 2 heteroatoms. The lowest BCUT2D eigenvalue weighted by molar-refractivity contribution is 0.318. The van der Waals surface area contributed by atoms with Crippen molar-refractivity contribution in [2.45, 2.75) is 39.5 Å². The van der Waals surface area contributed by atoms with E-state index in [1.54, 1.807) is 6.92 Å². The molecular formula is C10H25NO. The second kappa shape index (κ2) is 13.5.